The smallest absolute Gasteiger partial charge is 0.311 e. The van der Waals surface area contributed by atoms with Gasteiger partial charge in [0.2, 0.25) is 0 Å². The Balaban J connectivity index is 1.62. The first-order chi connectivity index (χ1) is 18.5. The molecule has 0 N–H and O–H groups in total. The van der Waals surface area contributed by atoms with E-state index in [-0.39, 0.29) is 35.1 Å². The van der Waals surface area contributed by atoms with Gasteiger partial charge in [0.15, 0.2) is 8.32 Å². The van der Waals surface area contributed by atoms with Crippen molar-refractivity contribution in [3.8, 4) is 0 Å². The van der Waals surface area contributed by atoms with Crippen LogP contribution >= 0.6 is 0 Å². The number of cyclic esters (lactones) is 1. The second kappa shape index (κ2) is 11.9. The zero-order valence-corrected chi connectivity index (χ0v) is 26.5. The molecule has 1 aliphatic heterocycles. The average molecular weight is 561 g/mol. The van der Waals surface area contributed by atoms with Crippen molar-refractivity contribution in [1.82, 2.24) is 0 Å². The third-order valence-electron chi connectivity index (χ3n) is 8.74. The number of carbonyl (C=O) groups is 1. The molecule has 0 unspecified atom stereocenters. The molecule has 4 nitrogen and oxygen atoms in total. The zero-order chi connectivity index (χ0) is 28.3. The Morgan fingerprint density at radius 1 is 0.769 bits per heavy atom. The molecule has 1 saturated heterocycles. The van der Waals surface area contributed by atoms with Gasteiger partial charge >= 0.3 is 5.97 Å². The van der Waals surface area contributed by atoms with Crippen LogP contribution < -0.4 is 15.6 Å². The molecule has 0 spiro atoms. The Labute approximate surface area is 237 Å². The summed E-state index contributed by atoms with van der Waals surface area (Å²) in [6.07, 6.45) is 0.215. The fourth-order valence-electron chi connectivity index (χ4n) is 5.31. The Bertz CT molecular complexity index is 1110. The van der Waals surface area contributed by atoms with Gasteiger partial charge in [0.25, 0.3) is 8.32 Å². The molecule has 0 amide bonds. The highest BCUT2D eigenvalue weighted by atomic mass is 28.4. The molecule has 0 saturated carbocycles. The highest BCUT2D eigenvalue weighted by Crippen LogP contribution is 2.41. The van der Waals surface area contributed by atoms with Gasteiger partial charge in [-0.15, -0.1) is 0 Å². The molecule has 4 rings (SSSR count). The lowest BCUT2D eigenvalue weighted by Crippen LogP contribution is -2.69. The van der Waals surface area contributed by atoms with Crippen molar-refractivity contribution in [2.75, 3.05) is 6.61 Å². The van der Waals surface area contributed by atoms with Gasteiger partial charge in [0.1, 0.15) is 6.10 Å². The number of esters is 1. The van der Waals surface area contributed by atoms with Crippen molar-refractivity contribution >= 4 is 38.2 Å². The maximum absolute atomic E-state index is 13.0. The van der Waals surface area contributed by atoms with E-state index in [2.05, 4.69) is 114 Å². The number of hydrogen-bond donors (Lipinski definition) is 0. The average Bonchev–Trinajstić information content (AvgIpc) is 2.93. The van der Waals surface area contributed by atoms with Gasteiger partial charge < -0.3 is 13.6 Å². The maximum Gasteiger partial charge on any atom is 0.311 e. The minimum absolute atomic E-state index is 0.0681. The molecule has 4 atom stereocenters. The Morgan fingerprint density at radius 3 is 1.62 bits per heavy atom. The van der Waals surface area contributed by atoms with Crippen LogP contribution in [0.4, 0.5) is 0 Å². The van der Waals surface area contributed by atoms with E-state index in [1.807, 2.05) is 25.1 Å². The third-order valence-corrected chi connectivity index (χ3v) is 17.3. The summed E-state index contributed by atoms with van der Waals surface area (Å²) in [6.45, 7) is 15.8. The molecule has 3 aromatic rings. The van der Waals surface area contributed by atoms with Gasteiger partial charge in [-0.05, 0) is 40.6 Å². The van der Waals surface area contributed by atoms with Crippen molar-refractivity contribution in [3.05, 3.63) is 91.0 Å². The molecule has 3 aromatic carbocycles. The fourth-order valence-corrected chi connectivity index (χ4v) is 10.7. The minimum Gasteiger partial charge on any atom is -0.462 e. The van der Waals surface area contributed by atoms with Crippen molar-refractivity contribution in [2.45, 2.75) is 71.4 Å². The summed E-state index contributed by atoms with van der Waals surface area (Å²) in [5.41, 5.74) is 0. The lowest BCUT2D eigenvalue weighted by molar-refractivity contribution is -0.176. The Morgan fingerprint density at radius 2 is 1.21 bits per heavy atom. The summed E-state index contributed by atoms with van der Waals surface area (Å²) in [7, 11) is -4.87. The molecule has 1 fully saturated rings. The molecule has 0 bridgehead atoms. The van der Waals surface area contributed by atoms with Crippen molar-refractivity contribution in [1.29, 1.82) is 0 Å². The van der Waals surface area contributed by atoms with Gasteiger partial charge in [-0.3, -0.25) is 4.79 Å². The van der Waals surface area contributed by atoms with Gasteiger partial charge in [-0.2, -0.15) is 0 Å². The lowest BCUT2D eigenvalue weighted by Gasteiger charge is -2.46. The summed E-state index contributed by atoms with van der Waals surface area (Å²) in [5, 5.41) is 3.66. The van der Waals surface area contributed by atoms with Crippen LogP contribution in [-0.4, -0.2) is 41.4 Å². The SMILES string of the molecule is C[C@H]1[C@@H](O[Si](C)(C)C(C)(C)C)[C@H](C)C(=O)O[C@@H]1CCO[Si](c1ccccc1)(c1ccccc1)c1ccccc1. The van der Waals surface area contributed by atoms with Gasteiger partial charge in [0.05, 0.1) is 12.0 Å². The number of carbonyl (C=O) groups excluding carboxylic acids is 1. The van der Waals surface area contributed by atoms with Crippen LogP contribution in [0.5, 0.6) is 0 Å². The van der Waals surface area contributed by atoms with Crippen molar-refractivity contribution < 1.29 is 18.4 Å². The summed E-state index contributed by atoms with van der Waals surface area (Å²) in [4.78, 5) is 13.0. The van der Waals surface area contributed by atoms with E-state index in [1.165, 1.54) is 15.6 Å². The van der Waals surface area contributed by atoms with Crippen LogP contribution in [0.3, 0.4) is 0 Å². The molecule has 6 heteroatoms. The molecule has 1 aliphatic rings. The zero-order valence-electron chi connectivity index (χ0n) is 24.5. The molecule has 1 heterocycles. The van der Waals surface area contributed by atoms with E-state index in [0.29, 0.717) is 13.0 Å². The number of hydrogen-bond acceptors (Lipinski definition) is 4. The second-order valence-electron chi connectivity index (χ2n) is 12.4. The summed E-state index contributed by atoms with van der Waals surface area (Å²) >= 11 is 0. The molecule has 39 heavy (non-hydrogen) atoms. The first kappa shape index (κ1) is 29.5. The molecule has 208 valence electrons. The van der Waals surface area contributed by atoms with Gasteiger partial charge in [-0.1, -0.05) is 119 Å². The van der Waals surface area contributed by atoms with Crippen LogP contribution in [0.15, 0.2) is 91.0 Å². The van der Waals surface area contributed by atoms with E-state index in [0.717, 1.165) is 0 Å². The first-order valence-electron chi connectivity index (χ1n) is 14.2. The third kappa shape index (κ3) is 6.14. The van der Waals surface area contributed by atoms with E-state index in [4.69, 9.17) is 13.6 Å². The molecule has 0 radical (unpaired) electrons. The predicted octanol–water partition coefficient (Wildman–Crippen LogP) is 5.65. The first-order valence-corrected chi connectivity index (χ1v) is 19.0. The van der Waals surface area contributed by atoms with Gasteiger partial charge in [0, 0.05) is 18.9 Å². The number of rotatable bonds is 9. The van der Waals surface area contributed by atoms with E-state index < -0.39 is 16.6 Å². The van der Waals surface area contributed by atoms with Crippen LogP contribution in [0.25, 0.3) is 0 Å². The Hall–Kier alpha value is -2.52. The summed E-state index contributed by atoms with van der Waals surface area (Å²) in [5.74, 6) is -0.367. The maximum atomic E-state index is 13.0. The monoisotopic (exact) mass is 560 g/mol. The van der Waals surface area contributed by atoms with E-state index in [9.17, 15) is 4.79 Å². The van der Waals surface area contributed by atoms with Crippen molar-refractivity contribution in [3.63, 3.8) is 0 Å². The molecular formula is C33H44O4Si2. The molecule has 0 aromatic heterocycles. The highest BCUT2D eigenvalue weighted by molar-refractivity contribution is 7.07. The van der Waals surface area contributed by atoms with Crippen LogP contribution in [0, 0.1) is 11.8 Å². The standard InChI is InChI=1S/C33H44O4Si2/c1-25-30(36-32(34)26(2)31(25)37-38(6,7)33(3,4)5)23-24-35-39(27-17-11-8-12-18-27,28-19-13-9-14-20-28)29-21-15-10-16-22-29/h8-22,25-26,30-31H,23-24H2,1-7H3/t25-,26+,30-,31-/m1/s1. The number of benzene rings is 3. The fraction of sp³-hybridized carbons (Fsp3) is 0.424. The minimum atomic E-state index is -2.81. The lowest BCUT2D eigenvalue weighted by atomic mass is 9.85. The predicted molar refractivity (Wildman–Crippen MR) is 165 cm³/mol. The second-order valence-corrected chi connectivity index (χ2v) is 20.5. The van der Waals surface area contributed by atoms with Gasteiger partial charge in [-0.25, -0.2) is 0 Å². The highest BCUT2D eigenvalue weighted by Gasteiger charge is 2.48. The quantitative estimate of drug-likeness (QED) is 0.193. The molecular weight excluding hydrogens is 517 g/mol. The van der Waals surface area contributed by atoms with Crippen LogP contribution in [-0.2, 0) is 18.4 Å². The summed E-state index contributed by atoms with van der Waals surface area (Å²) in [6, 6.07) is 31.7. The summed E-state index contributed by atoms with van der Waals surface area (Å²) < 4.78 is 19.9. The largest absolute Gasteiger partial charge is 0.462 e. The Kier molecular flexibility index (Phi) is 9.01. The topological polar surface area (TPSA) is 44.8 Å². The van der Waals surface area contributed by atoms with E-state index >= 15 is 0 Å². The van der Waals surface area contributed by atoms with Crippen molar-refractivity contribution in [2.24, 2.45) is 11.8 Å². The number of ether oxygens (including phenoxy) is 1. The van der Waals surface area contributed by atoms with Crippen LogP contribution in [0.1, 0.15) is 41.0 Å². The van der Waals surface area contributed by atoms with Crippen LogP contribution in [0.2, 0.25) is 18.1 Å². The normalized spacial score (nSPS) is 22.4. The molecule has 0 aliphatic carbocycles. The van der Waals surface area contributed by atoms with E-state index in [1.54, 1.807) is 0 Å².